The molecule has 0 aliphatic heterocycles. The molecule has 3 rings (SSSR count). The predicted molar refractivity (Wildman–Crippen MR) is 86.1 cm³/mol. The van der Waals surface area contributed by atoms with Gasteiger partial charge in [-0.1, -0.05) is 30.1 Å². The van der Waals surface area contributed by atoms with Crippen LogP contribution < -0.4 is 10.5 Å². The summed E-state index contributed by atoms with van der Waals surface area (Å²) in [5.74, 6) is 1.75. The lowest BCUT2D eigenvalue weighted by Crippen LogP contribution is -2.34. The van der Waals surface area contributed by atoms with Crippen molar-refractivity contribution in [1.29, 1.82) is 0 Å². The van der Waals surface area contributed by atoms with Gasteiger partial charge >= 0.3 is 0 Å². The summed E-state index contributed by atoms with van der Waals surface area (Å²) in [4.78, 5) is 4.53. The van der Waals surface area contributed by atoms with E-state index in [1.165, 1.54) is 0 Å². The van der Waals surface area contributed by atoms with Crippen LogP contribution in [0.15, 0.2) is 28.8 Å². The number of para-hydroxylation sites is 1. The molecule has 1 aliphatic carbocycles. The summed E-state index contributed by atoms with van der Waals surface area (Å²) >= 11 is 0. The third-order valence-corrected chi connectivity index (χ3v) is 4.17. The average molecular weight is 317 g/mol. The molecule has 1 aromatic carbocycles. The Kier molecular flexibility index (Phi) is 4.93. The van der Waals surface area contributed by atoms with Crippen molar-refractivity contribution in [2.45, 2.75) is 38.1 Å². The second-order valence-electron chi connectivity index (χ2n) is 5.83. The van der Waals surface area contributed by atoms with Crippen LogP contribution in [0.3, 0.4) is 0 Å². The zero-order valence-corrected chi connectivity index (χ0v) is 13.5. The molecule has 0 spiro atoms. The third-order valence-electron chi connectivity index (χ3n) is 4.17. The van der Waals surface area contributed by atoms with E-state index in [4.69, 9.17) is 19.7 Å². The molecule has 0 saturated heterocycles. The van der Waals surface area contributed by atoms with Gasteiger partial charge in [0.25, 0.3) is 5.89 Å². The molecule has 6 nitrogen and oxygen atoms in total. The Hall–Kier alpha value is -1.92. The van der Waals surface area contributed by atoms with Gasteiger partial charge in [0.05, 0.1) is 17.7 Å². The highest BCUT2D eigenvalue weighted by molar-refractivity contribution is 5.62. The minimum atomic E-state index is -0.452. The van der Waals surface area contributed by atoms with E-state index in [9.17, 15) is 0 Å². The van der Waals surface area contributed by atoms with Crippen molar-refractivity contribution in [3.8, 4) is 17.2 Å². The fourth-order valence-electron chi connectivity index (χ4n) is 2.89. The lowest BCUT2D eigenvalue weighted by molar-refractivity contribution is 0.110. The van der Waals surface area contributed by atoms with Crippen LogP contribution in [0.5, 0.6) is 5.75 Å². The van der Waals surface area contributed by atoms with Crippen LogP contribution in [0, 0.1) is 0 Å². The first-order chi connectivity index (χ1) is 11.2. The lowest BCUT2D eigenvalue weighted by atomic mass is 9.99. The van der Waals surface area contributed by atoms with Crippen LogP contribution in [-0.4, -0.2) is 30.0 Å². The Labute approximate surface area is 136 Å². The minimum Gasteiger partial charge on any atom is -0.490 e. The number of hydrogen-bond acceptors (Lipinski definition) is 6. The number of benzene rings is 1. The number of rotatable bonds is 7. The van der Waals surface area contributed by atoms with Gasteiger partial charge in [-0.05, 0) is 31.9 Å². The molecule has 0 unspecified atom stereocenters. The average Bonchev–Trinajstić information content (AvgIpc) is 3.22. The Balaban J connectivity index is 1.78. The molecule has 1 fully saturated rings. The molecular formula is C17H23N3O3. The molecule has 0 amide bonds. The smallest absolute Gasteiger partial charge is 0.261 e. The molecule has 1 aliphatic rings. The first-order valence-corrected chi connectivity index (χ1v) is 8.16. The van der Waals surface area contributed by atoms with E-state index in [1.54, 1.807) is 0 Å². The maximum absolute atomic E-state index is 6.39. The van der Waals surface area contributed by atoms with E-state index in [0.717, 1.165) is 31.2 Å². The van der Waals surface area contributed by atoms with Gasteiger partial charge in [0.2, 0.25) is 0 Å². The summed E-state index contributed by atoms with van der Waals surface area (Å²) in [6.45, 7) is 3.66. The fraction of sp³-hybridized carbons (Fsp3) is 0.529. The van der Waals surface area contributed by atoms with E-state index in [-0.39, 0.29) is 0 Å². The highest BCUT2D eigenvalue weighted by Crippen LogP contribution is 2.36. The molecule has 23 heavy (non-hydrogen) atoms. The summed E-state index contributed by atoms with van der Waals surface area (Å²) in [6, 6.07) is 7.63. The first kappa shape index (κ1) is 16.0. The van der Waals surface area contributed by atoms with Gasteiger partial charge in [0.15, 0.2) is 5.82 Å². The maximum atomic E-state index is 6.39. The Morgan fingerprint density at radius 2 is 2.00 bits per heavy atom. The molecular weight excluding hydrogens is 294 g/mol. The van der Waals surface area contributed by atoms with Crippen molar-refractivity contribution in [1.82, 2.24) is 10.1 Å². The zero-order valence-electron chi connectivity index (χ0n) is 13.5. The molecule has 1 aromatic heterocycles. The predicted octanol–water partition coefficient (Wildman–Crippen LogP) is 2.88. The van der Waals surface area contributed by atoms with Crippen molar-refractivity contribution in [3.63, 3.8) is 0 Å². The van der Waals surface area contributed by atoms with E-state index in [0.29, 0.717) is 37.3 Å². The van der Waals surface area contributed by atoms with Crippen LogP contribution in [0.4, 0.5) is 0 Å². The Morgan fingerprint density at radius 3 is 2.78 bits per heavy atom. The van der Waals surface area contributed by atoms with Gasteiger partial charge < -0.3 is 19.7 Å². The zero-order chi connectivity index (χ0) is 16.1. The number of hydrogen-bond donors (Lipinski definition) is 1. The van der Waals surface area contributed by atoms with Gasteiger partial charge in [0, 0.05) is 6.61 Å². The summed E-state index contributed by atoms with van der Waals surface area (Å²) in [7, 11) is 0. The maximum Gasteiger partial charge on any atom is 0.261 e. The standard InChI is InChI=1S/C17H23N3O3/c1-2-21-11-12-22-14-8-4-3-7-13(14)15-19-16(20-23-15)17(18)9-5-6-10-17/h3-4,7-8H,2,5-6,9-12,18H2,1H3. The van der Waals surface area contributed by atoms with E-state index >= 15 is 0 Å². The summed E-state index contributed by atoms with van der Waals surface area (Å²) in [5.41, 5.74) is 6.72. The van der Waals surface area contributed by atoms with Crippen molar-refractivity contribution < 1.29 is 14.0 Å². The third kappa shape index (κ3) is 3.54. The molecule has 1 saturated carbocycles. The number of nitrogens with zero attached hydrogens (tertiary/aromatic N) is 2. The van der Waals surface area contributed by atoms with E-state index in [2.05, 4.69) is 10.1 Å². The van der Waals surface area contributed by atoms with Crippen LogP contribution in [0.25, 0.3) is 11.5 Å². The largest absolute Gasteiger partial charge is 0.490 e. The van der Waals surface area contributed by atoms with Crippen molar-refractivity contribution in [2.24, 2.45) is 5.73 Å². The van der Waals surface area contributed by atoms with Gasteiger partial charge in [-0.15, -0.1) is 0 Å². The van der Waals surface area contributed by atoms with Crippen LogP contribution in [0.2, 0.25) is 0 Å². The SMILES string of the molecule is CCOCCOc1ccccc1-c1nc(C2(N)CCCC2)no1. The van der Waals surface area contributed by atoms with E-state index < -0.39 is 5.54 Å². The molecule has 2 N–H and O–H groups in total. The normalized spacial score (nSPS) is 16.6. The van der Waals surface area contributed by atoms with Gasteiger partial charge in [-0.3, -0.25) is 0 Å². The number of aromatic nitrogens is 2. The van der Waals surface area contributed by atoms with Crippen molar-refractivity contribution in [2.75, 3.05) is 19.8 Å². The monoisotopic (exact) mass is 317 g/mol. The van der Waals surface area contributed by atoms with Gasteiger partial charge in [-0.2, -0.15) is 4.98 Å². The Bertz CT molecular complexity index is 636. The van der Waals surface area contributed by atoms with E-state index in [1.807, 2.05) is 31.2 Å². The Morgan fingerprint density at radius 1 is 1.22 bits per heavy atom. The molecule has 0 radical (unpaired) electrons. The number of nitrogens with two attached hydrogens (primary N) is 1. The van der Waals surface area contributed by atoms with Crippen LogP contribution >= 0.6 is 0 Å². The molecule has 124 valence electrons. The highest BCUT2D eigenvalue weighted by atomic mass is 16.5. The summed E-state index contributed by atoms with van der Waals surface area (Å²) < 4.78 is 16.5. The van der Waals surface area contributed by atoms with Gasteiger partial charge in [-0.25, -0.2) is 0 Å². The van der Waals surface area contributed by atoms with Crippen LogP contribution in [-0.2, 0) is 10.3 Å². The summed E-state index contributed by atoms with van der Waals surface area (Å²) in [5, 5.41) is 4.11. The number of ether oxygens (including phenoxy) is 2. The van der Waals surface area contributed by atoms with Gasteiger partial charge in [0.1, 0.15) is 12.4 Å². The highest BCUT2D eigenvalue weighted by Gasteiger charge is 2.36. The summed E-state index contributed by atoms with van der Waals surface area (Å²) in [6.07, 6.45) is 4.02. The van der Waals surface area contributed by atoms with Crippen molar-refractivity contribution >= 4 is 0 Å². The molecule has 0 atom stereocenters. The first-order valence-electron chi connectivity index (χ1n) is 8.16. The minimum absolute atomic E-state index is 0.448. The lowest BCUT2D eigenvalue weighted by Gasteiger charge is -2.17. The van der Waals surface area contributed by atoms with Crippen molar-refractivity contribution in [3.05, 3.63) is 30.1 Å². The quantitative estimate of drug-likeness (QED) is 0.791. The van der Waals surface area contributed by atoms with Crippen LogP contribution in [0.1, 0.15) is 38.4 Å². The second-order valence-corrected chi connectivity index (χ2v) is 5.83. The molecule has 2 aromatic rings. The fourth-order valence-corrected chi connectivity index (χ4v) is 2.89. The molecule has 1 heterocycles. The topological polar surface area (TPSA) is 83.4 Å². The molecule has 0 bridgehead atoms. The second kappa shape index (κ2) is 7.10. The molecule has 6 heteroatoms.